The van der Waals surface area contributed by atoms with Crippen LogP contribution in [0.5, 0.6) is 0 Å². The van der Waals surface area contributed by atoms with Gasteiger partial charge in [0.15, 0.2) is 18.6 Å². The third kappa shape index (κ3) is 4.07. The fourth-order valence-corrected chi connectivity index (χ4v) is 4.61. The van der Waals surface area contributed by atoms with E-state index >= 15 is 0 Å². The molecule has 0 aliphatic carbocycles. The maximum atomic E-state index is 11.5. The average molecular weight is 440 g/mol. The first kappa shape index (κ1) is 19.8. The van der Waals surface area contributed by atoms with E-state index in [1.807, 2.05) is 29.2 Å². The highest BCUT2D eigenvalue weighted by Crippen LogP contribution is 2.32. The van der Waals surface area contributed by atoms with Crippen LogP contribution in [0.3, 0.4) is 0 Å². The van der Waals surface area contributed by atoms with Gasteiger partial charge in [0.25, 0.3) is 0 Å². The van der Waals surface area contributed by atoms with Gasteiger partial charge in [-0.2, -0.15) is 0 Å². The Morgan fingerprint density at radius 2 is 2.13 bits per heavy atom. The smallest absolute Gasteiger partial charge is 0.188 e. The molecule has 10 nitrogen and oxygen atoms in total. The van der Waals surface area contributed by atoms with E-state index in [-0.39, 0.29) is 18.8 Å². The molecule has 0 bridgehead atoms. The number of aliphatic hydroxyl groups is 1. The lowest BCUT2D eigenvalue weighted by Gasteiger charge is -2.19. The molecule has 0 spiro atoms. The van der Waals surface area contributed by atoms with Gasteiger partial charge in [-0.1, -0.05) is 10.4 Å². The highest BCUT2D eigenvalue weighted by Gasteiger charge is 2.34. The molecule has 1 saturated heterocycles. The SMILES string of the molecule is O=CC1O[C@@H](Cn2ccnn2)CN1c1ccc(-c2ccc(C3=NOC(CO)C3)s2)cn1. The predicted molar refractivity (Wildman–Crippen MR) is 113 cm³/mol. The molecule has 11 heteroatoms. The minimum absolute atomic E-state index is 0.0434. The number of hydrogen-bond acceptors (Lipinski definition) is 10. The number of ether oxygens (including phenoxy) is 1. The highest BCUT2D eigenvalue weighted by molar-refractivity contribution is 7.17. The Hall–Kier alpha value is -3.15. The Morgan fingerprint density at radius 1 is 1.23 bits per heavy atom. The Morgan fingerprint density at radius 3 is 2.84 bits per heavy atom. The normalized spacial score (nSPS) is 23.1. The van der Waals surface area contributed by atoms with Crippen molar-refractivity contribution in [3.05, 3.63) is 47.7 Å². The molecular formula is C20H20N6O4S. The number of nitrogens with zero attached hydrogens (tertiary/aromatic N) is 6. The molecule has 3 aromatic rings. The summed E-state index contributed by atoms with van der Waals surface area (Å²) in [6.45, 7) is 1.00. The minimum atomic E-state index is -0.680. The van der Waals surface area contributed by atoms with Gasteiger partial charge in [0.05, 0.1) is 36.9 Å². The van der Waals surface area contributed by atoms with Gasteiger partial charge >= 0.3 is 0 Å². The highest BCUT2D eigenvalue weighted by atomic mass is 32.1. The van der Waals surface area contributed by atoms with Crippen LogP contribution in [0.4, 0.5) is 5.82 Å². The van der Waals surface area contributed by atoms with Gasteiger partial charge < -0.3 is 19.6 Å². The first-order chi connectivity index (χ1) is 15.2. The number of oxime groups is 1. The number of hydrogen-bond donors (Lipinski definition) is 1. The van der Waals surface area contributed by atoms with Crippen molar-refractivity contribution in [2.24, 2.45) is 5.16 Å². The van der Waals surface area contributed by atoms with Crippen molar-refractivity contribution in [1.29, 1.82) is 0 Å². The number of pyridine rings is 1. The van der Waals surface area contributed by atoms with Crippen LogP contribution in [0, 0.1) is 0 Å². The van der Waals surface area contributed by atoms with E-state index in [0.717, 1.165) is 27.3 Å². The fraction of sp³-hybridized carbons (Fsp3) is 0.350. The molecule has 0 saturated carbocycles. The zero-order valence-electron chi connectivity index (χ0n) is 16.4. The Bertz CT molecular complexity index is 1070. The molecule has 3 aromatic heterocycles. The molecule has 2 aliphatic heterocycles. The second-order valence-corrected chi connectivity index (χ2v) is 8.37. The number of aromatic nitrogens is 4. The molecule has 0 amide bonds. The number of thiophene rings is 1. The lowest BCUT2D eigenvalue weighted by atomic mass is 10.1. The zero-order chi connectivity index (χ0) is 21.2. The van der Waals surface area contributed by atoms with Gasteiger partial charge in [0, 0.05) is 29.3 Å². The summed E-state index contributed by atoms with van der Waals surface area (Å²) in [4.78, 5) is 25.2. The molecule has 1 N–H and O–H groups in total. The van der Waals surface area contributed by atoms with Crippen LogP contribution in [-0.2, 0) is 20.9 Å². The van der Waals surface area contributed by atoms with Crippen LogP contribution in [0.2, 0.25) is 0 Å². The van der Waals surface area contributed by atoms with Crippen molar-refractivity contribution in [2.75, 3.05) is 18.1 Å². The van der Waals surface area contributed by atoms with E-state index in [1.54, 1.807) is 34.6 Å². The molecule has 31 heavy (non-hydrogen) atoms. The molecule has 5 heterocycles. The number of carbonyl (C=O) groups is 1. The first-order valence-corrected chi connectivity index (χ1v) is 10.7. The lowest BCUT2D eigenvalue weighted by molar-refractivity contribution is -0.117. The number of rotatable bonds is 7. The van der Waals surface area contributed by atoms with Gasteiger partial charge in [-0.3, -0.25) is 4.79 Å². The van der Waals surface area contributed by atoms with Crippen LogP contribution < -0.4 is 4.90 Å². The van der Waals surface area contributed by atoms with E-state index < -0.39 is 6.23 Å². The molecule has 0 radical (unpaired) electrons. The summed E-state index contributed by atoms with van der Waals surface area (Å²) in [6.07, 6.45) is 5.42. The van der Waals surface area contributed by atoms with Crippen molar-refractivity contribution in [2.45, 2.75) is 31.4 Å². The molecule has 5 rings (SSSR count). The maximum Gasteiger partial charge on any atom is 0.188 e. The predicted octanol–water partition coefficient (Wildman–Crippen LogP) is 1.32. The van der Waals surface area contributed by atoms with Gasteiger partial charge in [-0.15, -0.1) is 16.4 Å². The first-order valence-electron chi connectivity index (χ1n) is 9.85. The number of aliphatic hydroxyl groups excluding tert-OH is 1. The van der Waals surface area contributed by atoms with E-state index in [4.69, 9.17) is 9.57 Å². The van der Waals surface area contributed by atoms with Crippen LogP contribution >= 0.6 is 11.3 Å². The van der Waals surface area contributed by atoms with Gasteiger partial charge in [-0.05, 0) is 24.3 Å². The number of anilines is 1. The van der Waals surface area contributed by atoms with Crippen molar-refractivity contribution in [3.63, 3.8) is 0 Å². The van der Waals surface area contributed by atoms with Gasteiger partial charge in [0.1, 0.15) is 11.5 Å². The van der Waals surface area contributed by atoms with Crippen LogP contribution in [0.1, 0.15) is 11.3 Å². The van der Waals surface area contributed by atoms with Crippen molar-refractivity contribution in [3.8, 4) is 10.4 Å². The Balaban J connectivity index is 1.28. The largest absolute Gasteiger partial charge is 0.392 e. The molecule has 0 aromatic carbocycles. The molecule has 1 fully saturated rings. The van der Waals surface area contributed by atoms with Crippen molar-refractivity contribution in [1.82, 2.24) is 20.0 Å². The minimum Gasteiger partial charge on any atom is -0.392 e. The van der Waals surface area contributed by atoms with Crippen molar-refractivity contribution < 1.29 is 19.5 Å². The van der Waals surface area contributed by atoms with E-state index in [2.05, 4.69) is 20.5 Å². The second kappa shape index (κ2) is 8.53. The maximum absolute atomic E-state index is 11.5. The van der Waals surface area contributed by atoms with Crippen LogP contribution in [0.15, 0.2) is 48.0 Å². The average Bonchev–Trinajstić information content (AvgIpc) is 3.60. The lowest BCUT2D eigenvalue weighted by Crippen LogP contribution is -2.32. The summed E-state index contributed by atoms with van der Waals surface area (Å²) in [5.41, 5.74) is 1.82. The summed E-state index contributed by atoms with van der Waals surface area (Å²) in [7, 11) is 0. The topological polar surface area (TPSA) is 115 Å². The van der Waals surface area contributed by atoms with Crippen LogP contribution in [-0.4, -0.2) is 68.7 Å². The Labute approximate surface area is 181 Å². The summed E-state index contributed by atoms with van der Waals surface area (Å²) in [5.74, 6) is 0.679. The van der Waals surface area contributed by atoms with Crippen molar-refractivity contribution >= 4 is 29.2 Å². The van der Waals surface area contributed by atoms with Gasteiger partial charge in [0.2, 0.25) is 0 Å². The molecule has 2 unspecified atom stereocenters. The standard InChI is InChI=1S/C20H20N6O4S/c27-11-14-7-16(23-30-14)18-3-2-17(31-18)13-1-4-19(21-8-13)26-10-15(29-20(26)12-28)9-25-6-5-22-24-25/h1-6,8,12,14-15,20,27H,7,9-11H2/t14?,15-,20?/m0/s1. The quantitative estimate of drug-likeness (QED) is 0.547. The van der Waals surface area contributed by atoms with E-state index in [0.29, 0.717) is 25.3 Å². The summed E-state index contributed by atoms with van der Waals surface area (Å²) < 4.78 is 7.52. The Kier molecular flexibility index (Phi) is 5.45. The monoisotopic (exact) mass is 440 g/mol. The third-order valence-electron chi connectivity index (χ3n) is 5.17. The molecule has 160 valence electrons. The van der Waals surface area contributed by atoms with Gasteiger partial charge in [-0.25, -0.2) is 9.67 Å². The molecular weight excluding hydrogens is 420 g/mol. The fourth-order valence-electron chi connectivity index (χ4n) is 3.63. The third-order valence-corrected chi connectivity index (χ3v) is 6.36. The second-order valence-electron chi connectivity index (χ2n) is 7.28. The number of carbonyl (C=O) groups excluding carboxylic acids is 1. The summed E-state index contributed by atoms with van der Waals surface area (Å²) in [6, 6.07) is 7.90. The van der Waals surface area contributed by atoms with Crippen LogP contribution in [0.25, 0.3) is 10.4 Å². The molecule has 2 aliphatic rings. The summed E-state index contributed by atoms with van der Waals surface area (Å²) >= 11 is 1.60. The van der Waals surface area contributed by atoms with E-state index in [9.17, 15) is 9.90 Å². The summed E-state index contributed by atoms with van der Waals surface area (Å²) in [5, 5.41) is 21.0. The zero-order valence-corrected chi connectivity index (χ0v) is 17.3. The van der Waals surface area contributed by atoms with E-state index in [1.165, 1.54) is 0 Å². The number of aldehydes is 1. The molecule has 3 atom stereocenters.